The lowest BCUT2D eigenvalue weighted by Crippen LogP contribution is -2.53. The van der Waals surface area contributed by atoms with Gasteiger partial charge in [0.2, 0.25) is 11.8 Å². The van der Waals surface area contributed by atoms with Crippen LogP contribution in [-0.2, 0) is 23.8 Å². The van der Waals surface area contributed by atoms with E-state index in [2.05, 4.69) is 65.5 Å². The number of aromatic amines is 2. The van der Waals surface area contributed by atoms with Crippen LogP contribution in [0.4, 0.5) is 9.59 Å². The van der Waals surface area contributed by atoms with E-state index < -0.39 is 24.3 Å². The lowest BCUT2D eigenvalue weighted by molar-refractivity contribution is -0.140. The molecule has 0 bridgehead atoms. The van der Waals surface area contributed by atoms with E-state index in [4.69, 9.17) is 29.2 Å². The molecule has 17 heteroatoms. The zero-order valence-corrected chi connectivity index (χ0v) is 37.9. The van der Waals surface area contributed by atoms with Crippen LogP contribution in [0.3, 0.4) is 0 Å². The molecule has 5 aromatic rings. The maximum absolute atomic E-state index is 14.2. The Morgan fingerprint density at radius 3 is 1.94 bits per heavy atom. The van der Waals surface area contributed by atoms with E-state index in [1.54, 1.807) is 6.20 Å². The highest BCUT2D eigenvalue weighted by molar-refractivity contribution is 5.88. The third-order valence-corrected chi connectivity index (χ3v) is 14.0. The summed E-state index contributed by atoms with van der Waals surface area (Å²) in [4.78, 5) is 79.1. The number of hydrogen-bond donors (Lipinski definition) is 4. The number of pyridine rings is 1. The van der Waals surface area contributed by atoms with Crippen molar-refractivity contribution in [3.05, 3.63) is 78.6 Å². The highest BCUT2D eigenvalue weighted by atomic mass is 16.5. The Kier molecular flexibility index (Phi) is 13.1. The van der Waals surface area contributed by atoms with Crippen molar-refractivity contribution < 1.29 is 38.5 Å². The van der Waals surface area contributed by atoms with Crippen molar-refractivity contribution >= 4 is 34.9 Å². The fraction of sp³-hybridized carbons (Fsp3) is 0.490. The van der Waals surface area contributed by atoms with Gasteiger partial charge < -0.3 is 44.4 Å². The van der Waals surface area contributed by atoms with Gasteiger partial charge in [0, 0.05) is 52.0 Å². The first-order valence-electron chi connectivity index (χ1n) is 23.1. The Morgan fingerprint density at radius 2 is 1.32 bits per heavy atom. The quantitative estimate of drug-likeness (QED) is 0.106. The van der Waals surface area contributed by atoms with E-state index in [1.807, 2.05) is 34.2 Å². The summed E-state index contributed by atoms with van der Waals surface area (Å²) in [5.41, 5.74) is 6.18. The van der Waals surface area contributed by atoms with Gasteiger partial charge in [0.1, 0.15) is 23.7 Å². The third-order valence-electron chi connectivity index (χ3n) is 14.0. The molecule has 4 saturated heterocycles. The topological polar surface area (TPSA) is 208 Å². The van der Waals surface area contributed by atoms with Crippen molar-refractivity contribution in [2.24, 2.45) is 23.7 Å². The van der Waals surface area contributed by atoms with Crippen LogP contribution in [0.15, 0.2) is 67.0 Å². The van der Waals surface area contributed by atoms with Gasteiger partial charge in [-0.25, -0.2) is 24.5 Å². The van der Waals surface area contributed by atoms with Crippen LogP contribution in [-0.4, -0.2) is 134 Å². The number of alkyl carbamates (subject to hydrolysis) is 1. The molecule has 7 heterocycles. The number of carbonyl (C=O) groups excluding carboxylic acids is 3. The molecule has 348 valence electrons. The third kappa shape index (κ3) is 9.23. The molecule has 4 N–H and O–H groups in total. The van der Waals surface area contributed by atoms with E-state index in [9.17, 15) is 24.3 Å². The molecule has 0 spiro atoms. The summed E-state index contributed by atoms with van der Waals surface area (Å²) >= 11 is 0. The number of amides is 4. The van der Waals surface area contributed by atoms with Crippen LogP contribution in [0.2, 0.25) is 0 Å². The van der Waals surface area contributed by atoms with Crippen molar-refractivity contribution in [3.63, 3.8) is 0 Å². The summed E-state index contributed by atoms with van der Waals surface area (Å²) in [6.07, 6.45) is 5.93. The van der Waals surface area contributed by atoms with E-state index in [1.165, 1.54) is 19.1 Å². The molecule has 66 heavy (non-hydrogen) atoms. The Balaban J connectivity index is 0.879. The Hall–Kier alpha value is -6.33. The number of nitrogens with one attached hydrogen (secondary N) is 3. The van der Waals surface area contributed by atoms with Gasteiger partial charge in [0.05, 0.1) is 54.2 Å². The Labute approximate surface area is 383 Å². The van der Waals surface area contributed by atoms with Crippen LogP contribution < -0.4 is 5.32 Å². The van der Waals surface area contributed by atoms with Crippen molar-refractivity contribution in [2.75, 3.05) is 53.7 Å². The molecule has 4 aliphatic heterocycles. The summed E-state index contributed by atoms with van der Waals surface area (Å²) in [6.45, 7) is 7.45. The number of carbonyl (C=O) groups is 4. The number of aromatic nitrogens is 5. The van der Waals surface area contributed by atoms with Crippen LogP contribution in [0.1, 0.15) is 76.1 Å². The lowest BCUT2D eigenvalue weighted by Gasteiger charge is -2.37. The van der Waals surface area contributed by atoms with Crippen LogP contribution >= 0.6 is 0 Å². The Morgan fingerprint density at radius 1 is 0.758 bits per heavy atom. The number of likely N-dealkylation sites (N-methyl/N-ethyl adjacent to an activating group) is 1. The van der Waals surface area contributed by atoms with Crippen molar-refractivity contribution in [3.8, 4) is 33.8 Å². The molecule has 9 rings (SSSR count). The standard InChI is InChI=1S/C49H59N9O8/c1-28-21-40(57(26-28)46(59)42(55-48(61)64-4)32-13-17-65-18-14-32)44-50-24-38(53-44)31-7-5-30(6-8-31)34-9-11-36-35(23-34)10-12-37(52-36)39-25-51-45(54-39)41-22-29(2)27-58(41)47(60)43(56(3)49(62)63)33-15-19-66-20-16-33/h5-12,23-25,28-29,32-33,40-43H,13-22,26-27H2,1-4H3,(H,50,53)(H,51,54)(H,55,61)(H,62,63)/t28-,29-,40-,41-,42-,43-/m0/s1. The molecule has 17 nitrogen and oxygen atoms in total. The molecule has 6 atom stereocenters. The predicted octanol–water partition coefficient (Wildman–Crippen LogP) is 7.06. The zero-order valence-electron chi connectivity index (χ0n) is 37.9. The Bertz CT molecular complexity index is 2550. The first kappa shape index (κ1) is 44.9. The molecular formula is C49H59N9O8. The second-order valence-electron chi connectivity index (χ2n) is 18.6. The van der Waals surface area contributed by atoms with Gasteiger partial charge in [-0.05, 0) is 97.1 Å². The lowest BCUT2D eigenvalue weighted by atomic mass is 9.89. The largest absolute Gasteiger partial charge is 0.465 e. The molecule has 0 saturated carbocycles. The number of rotatable bonds is 11. The zero-order chi connectivity index (χ0) is 46.1. The number of hydrogen-bond acceptors (Lipinski definition) is 10. The number of likely N-dealkylation sites (tertiary alicyclic amines) is 2. The van der Waals surface area contributed by atoms with Gasteiger partial charge in [-0.1, -0.05) is 50.2 Å². The highest BCUT2D eigenvalue weighted by Crippen LogP contribution is 2.39. The molecule has 4 aliphatic rings. The summed E-state index contributed by atoms with van der Waals surface area (Å²) in [6, 6.07) is 16.4. The number of fused-ring (bicyclic) bond motifs is 1. The number of imidazole rings is 2. The van der Waals surface area contributed by atoms with Crippen LogP contribution in [0.25, 0.3) is 44.7 Å². The molecule has 3 aromatic heterocycles. The smallest absolute Gasteiger partial charge is 0.407 e. The van der Waals surface area contributed by atoms with Crippen molar-refractivity contribution in [2.45, 2.75) is 76.5 Å². The van der Waals surface area contributed by atoms with Crippen molar-refractivity contribution in [1.29, 1.82) is 0 Å². The number of H-pyrrole nitrogens is 2. The van der Waals surface area contributed by atoms with E-state index in [0.717, 1.165) is 51.1 Å². The predicted molar refractivity (Wildman–Crippen MR) is 245 cm³/mol. The number of nitrogens with zero attached hydrogens (tertiary/aromatic N) is 6. The minimum absolute atomic E-state index is 0.0439. The maximum atomic E-state index is 14.2. The van der Waals surface area contributed by atoms with Gasteiger partial charge in [-0.3, -0.25) is 14.5 Å². The fourth-order valence-electron chi connectivity index (χ4n) is 10.5. The normalized spacial score (nSPS) is 22.6. The molecule has 2 aromatic carbocycles. The summed E-state index contributed by atoms with van der Waals surface area (Å²) < 4.78 is 16.0. The fourth-order valence-corrected chi connectivity index (χ4v) is 10.5. The molecule has 0 unspecified atom stereocenters. The number of carboxylic acid groups (broad SMARTS) is 1. The molecule has 4 fully saturated rings. The second kappa shape index (κ2) is 19.3. The van der Waals surface area contributed by atoms with E-state index in [0.29, 0.717) is 83.3 Å². The van der Waals surface area contributed by atoms with Crippen LogP contribution in [0, 0.1) is 23.7 Å². The van der Waals surface area contributed by atoms with Gasteiger partial charge in [-0.15, -0.1) is 0 Å². The summed E-state index contributed by atoms with van der Waals surface area (Å²) in [7, 11) is 2.79. The number of ether oxygens (including phenoxy) is 3. The van der Waals surface area contributed by atoms with Crippen LogP contribution in [0.5, 0.6) is 0 Å². The maximum Gasteiger partial charge on any atom is 0.407 e. The van der Waals surface area contributed by atoms with E-state index >= 15 is 0 Å². The average Bonchev–Trinajstić information content (AvgIpc) is 4.18. The minimum Gasteiger partial charge on any atom is -0.465 e. The summed E-state index contributed by atoms with van der Waals surface area (Å²) in [5.74, 6) is 1.38. The SMILES string of the molecule is COC(=O)N[C@H](C(=O)N1C[C@@H](C)C[C@H]1c1ncc(-c2ccc(-c3ccc4nc(-c5cnc([C@@H]6C[C@H](C)CN6C(=O)[C@H](C6CCOCC6)N(C)C(=O)O)[nH]5)ccc4c3)cc2)[nH]1)C1CCOCC1. The van der Waals surface area contributed by atoms with Crippen molar-refractivity contribution in [1.82, 2.24) is 44.9 Å². The molecular weight excluding hydrogens is 843 g/mol. The monoisotopic (exact) mass is 901 g/mol. The highest BCUT2D eigenvalue weighted by Gasteiger charge is 2.45. The second-order valence-corrected chi connectivity index (χ2v) is 18.6. The van der Waals surface area contributed by atoms with E-state index in [-0.39, 0.29) is 47.6 Å². The minimum atomic E-state index is -1.12. The summed E-state index contributed by atoms with van der Waals surface area (Å²) in [5, 5.41) is 13.7. The van der Waals surface area contributed by atoms with Gasteiger partial charge in [0.15, 0.2) is 0 Å². The molecule has 4 amide bonds. The van der Waals surface area contributed by atoms with Gasteiger partial charge >= 0.3 is 12.2 Å². The number of benzene rings is 2. The van der Waals surface area contributed by atoms with Gasteiger partial charge in [-0.2, -0.15) is 0 Å². The first-order chi connectivity index (χ1) is 31.9. The first-order valence-corrected chi connectivity index (χ1v) is 23.1. The molecule has 0 radical (unpaired) electrons. The molecule has 0 aliphatic carbocycles. The average molecular weight is 902 g/mol. The number of methoxy groups -OCH3 is 1. The van der Waals surface area contributed by atoms with Gasteiger partial charge in [0.25, 0.3) is 0 Å².